The summed E-state index contributed by atoms with van der Waals surface area (Å²) in [6, 6.07) is 9.05. The predicted molar refractivity (Wildman–Crippen MR) is 87.5 cm³/mol. The van der Waals surface area contributed by atoms with Crippen LogP contribution < -0.4 is 0 Å². The summed E-state index contributed by atoms with van der Waals surface area (Å²) in [6.07, 6.45) is 1.34. The highest BCUT2D eigenvalue weighted by atomic mass is 16.4. The maximum Gasteiger partial charge on any atom is 0.323 e. The van der Waals surface area contributed by atoms with E-state index in [9.17, 15) is 14.4 Å². The van der Waals surface area contributed by atoms with E-state index in [4.69, 9.17) is 5.11 Å². The Morgan fingerprint density at radius 3 is 2.44 bits per heavy atom. The van der Waals surface area contributed by atoms with Crippen LogP contribution in [0.1, 0.15) is 16.1 Å². The van der Waals surface area contributed by atoms with Gasteiger partial charge in [-0.05, 0) is 5.56 Å². The molecular formula is C16H19N5O4. The number of nitrogens with zero attached hydrogens (tertiary/aromatic N) is 5. The summed E-state index contributed by atoms with van der Waals surface area (Å²) >= 11 is 0. The fraction of sp³-hybridized carbons (Fsp3) is 0.312. The molecule has 9 heteroatoms. The van der Waals surface area contributed by atoms with Crippen LogP contribution >= 0.6 is 0 Å². The number of benzene rings is 1. The van der Waals surface area contributed by atoms with Crippen molar-refractivity contribution in [1.82, 2.24) is 24.8 Å². The van der Waals surface area contributed by atoms with E-state index in [1.165, 1.54) is 20.7 Å². The molecule has 1 heterocycles. The third-order valence-corrected chi connectivity index (χ3v) is 3.38. The number of rotatable bonds is 7. The second kappa shape index (κ2) is 8.04. The summed E-state index contributed by atoms with van der Waals surface area (Å²) in [5.74, 6) is -1.88. The predicted octanol–water partition coefficient (Wildman–Crippen LogP) is 0.0933. The second-order valence-electron chi connectivity index (χ2n) is 5.63. The van der Waals surface area contributed by atoms with Crippen LogP contribution in [-0.4, -0.2) is 68.3 Å². The van der Waals surface area contributed by atoms with Gasteiger partial charge in [-0.15, -0.1) is 5.10 Å². The highest BCUT2D eigenvalue weighted by Crippen LogP contribution is 2.08. The lowest BCUT2D eigenvalue weighted by Crippen LogP contribution is -2.35. The molecule has 0 saturated carbocycles. The van der Waals surface area contributed by atoms with Crippen molar-refractivity contribution < 1.29 is 19.5 Å². The smallest absolute Gasteiger partial charge is 0.323 e. The Hall–Kier alpha value is -3.23. The molecule has 1 aromatic carbocycles. The summed E-state index contributed by atoms with van der Waals surface area (Å²) < 4.78 is 1.25. The molecule has 0 bridgehead atoms. The number of amides is 2. The second-order valence-corrected chi connectivity index (χ2v) is 5.63. The van der Waals surface area contributed by atoms with Crippen molar-refractivity contribution in [1.29, 1.82) is 0 Å². The number of hydrogen-bond donors (Lipinski definition) is 1. The summed E-state index contributed by atoms with van der Waals surface area (Å²) in [6.45, 7) is -0.377. The Kier molecular flexibility index (Phi) is 5.83. The van der Waals surface area contributed by atoms with Crippen LogP contribution in [0.3, 0.4) is 0 Å². The van der Waals surface area contributed by atoms with E-state index in [0.717, 1.165) is 5.56 Å². The SMILES string of the molecule is CN(C)C(=O)Cn1cc(C(=O)N(CC(=O)O)Cc2ccccc2)nn1. The average molecular weight is 345 g/mol. The first-order valence-corrected chi connectivity index (χ1v) is 7.52. The molecule has 2 rings (SSSR count). The molecule has 0 fully saturated rings. The van der Waals surface area contributed by atoms with Gasteiger partial charge in [0.2, 0.25) is 5.91 Å². The summed E-state index contributed by atoms with van der Waals surface area (Å²) in [7, 11) is 3.22. The quantitative estimate of drug-likeness (QED) is 0.762. The number of likely N-dealkylation sites (N-methyl/N-ethyl adjacent to an activating group) is 1. The molecule has 1 N–H and O–H groups in total. The fourth-order valence-corrected chi connectivity index (χ4v) is 2.08. The van der Waals surface area contributed by atoms with Crippen LogP contribution in [0, 0.1) is 0 Å². The molecule has 0 saturated heterocycles. The lowest BCUT2D eigenvalue weighted by Gasteiger charge is -2.19. The first-order chi connectivity index (χ1) is 11.9. The van der Waals surface area contributed by atoms with Gasteiger partial charge in [-0.25, -0.2) is 4.68 Å². The molecule has 2 amide bonds. The minimum absolute atomic E-state index is 0.0104. The first kappa shape index (κ1) is 18.1. The number of carboxylic acid groups (broad SMARTS) is 1. The van der Waals surface area contributed by atoms with Crippen LogP contribution in [0.5, 0.6) is 0 Å². The molecule has 0 aliphatic rings. The van der Waals surface area contributed by atoms with Gasteiger partial charge >= 0.3 is 5.97 Å². The molecule has 0 radical (unpaired) electrons. The molecular weight excluding hydrogens is 326 g/mol. The maximum absolute atomic E-state index is 12.6. The molecule has 0 aliphatic carbocycles. The van der Waals surface area contributed by atoms with Gasteiger partial charge in [-0.2, -0.15) is 0 Å². The number of carbonyl (C=O) groups is 3. The molecule has 0 spiro atoms. The zero-order valence-corrected chi connectivity index (χ0v) is 14.0. The van der Waals surface area contributed by atoms with Gasteiger partial charge in [-0.1, -0.05) is 35.5 Å². The van der Waals surface area contributed by atoms with Crippen molar-refractivity contribution in [2.75, 3.05) is 20.6 Å². The monoisotopic (exact) mass is 345 g/mol. The number of carbonyl (C=O) groups excluding carboxylic acids is 2. The highest BCUT2D eigenvalue weighted by Gasteiger charge is 2.22. The highest BCUT2D eigenvalue weighted by molar-refractivity contribution is 5.93. The summed E-state index contributed by atoms with van der Waals surface area (Å²) in [5.41, 5.74) is 0.788. The van der Waals surface area contributed by atoms with Gasteiger partial charge in [0.15, 0.2) is 5.69 Å². The molecule has 132 valence electrons. The van der Waals surface area contributed by atoms with Gasteiger partial charge in [0.1, 0.15) is 13.1 Å². The molecule has 0 aliphatic heterocycles. The van der Waals surface area contributed by atoms with E-state index in [0.29, 0.717) is 0 Å². The van der Waals surface area contributed by atoms with E-state index in [1.807, 2.05) is 18.2 Å². The average Bonchev–Trinajstić information content (AvgIpc) is 3.02. The fourth-order valence-electron chi connectivity index (χ4n) is 2.08. The normalized spacial score (nSPS) is 10.3. The topological polar surface area (TPSA) is 109 Å². The molecule has 0 atom stereocenters. The van der Waals surface area contributed by atoms with Gasteiger partial charge in [-0.3, -0.25) is 14.4 Å². The van der Waals surface area contributed by atoms with Gasteiger partial charge in [0, 0.05) is 20.6 Å². The van der Waals surface area contributed by atoms with Crippen LogP contribution in [-0.2, 0) is 22.7 Å². The van der Waals surface area contributed by atoms with Crippen molar-refractivity contribution in [3.8, 4) is 0 Å². The molecule has 25 heavy (non-hydrogen) atoms. The zero-order valence-electron chi connectivity index (χ0n) is 14.0. The van der Waals surface area contributed by atoms with Crippen molar-refractivity contribution in [3.63, 3.8) is 0 Å². The van der Waals surface area contributed by atoms with Gasteiger partial charge in [0.25, 0.3) is 5.91 Å². The van der Waals surface area contributed by atoms with Crippen LogP contribution in [0.4, 0.5) is 0 Å². The van der Waals surface area contributed by atoms with Crippen molar-refractivity contribution in [3.05, 3.63) is 47.8 Å². The van der Waals surface area contributed by atoms with E-state index in [-0.39, 0.29) is 24.7 Å². The first-order valence-electron chi connectivity index (χ1n) is 7.52. The van der Waals surface area contributed by atoms with E-state index in [1.54, 1.807) is 26.2 Å². The minimum atomic E-state index is -1.13. The summed E-state index contributed by atoms with van der Waals surface area (Å²) in [5, 5.41) is 16.6. The van der Waals surface area contributed by atoms with E-state index < -0.39 is 18.4 Å². The van der Waals surface area contributed by atoms with Crippen LogP contribution in [0.25, 0.3) is 0 Å². The lowest BCUT2D eigenvalue weighted by molar-refractivity contribution is -0.137. The number of hydrogen-bond acceptors (Lipinski definition) is 5. The number of aliphatic carboxylic acids is 1. The van der Waals surface area contributed by atoms with Crippen molar-refractivity contribution in [2.45, 2.75) is 13.1 Å². The molecule has 0 unspecified atom stereocenters. The van der Waals surface area contributed by atoms with Gasteiger partial charge < -0.3 is 14.9 Å². The van der Waals surface area contributed by atoms with Crippen LogP contribution in [0.15, 0.2) is 36.5 Å². The van der Waals surface area contributed by atoms with Crippen molar-refractivity contribution >= 4 is 17.8 Å². The third-order valence-electron chi connectivity index (χ3n) is 3.38. The standard InChI is InChI=1S/C16H19N5O4/c1-19(2)14(22)10-21-9-13(17-18-21)16(25)20(11-15(23)24)8-12-6-4-3-5-7-12/h3-7,9H,8,10-11H2,1-2H3,(H,23,24). The third kappa shape index (κ3) is 5.13. The maximum atomic E-state index is 12.6. The Morgan fingerprint density at radius 2 is 1.84 bits per heavy atom. The van der Waals surface area contributed by atoms with Crippen molar-refractivity contribution in [2.24, 2.45) is 0 Å². The lowest BCUT2D eigenvalue weighted by atomic mass is 10.2. The Labute approximate surface area is 144 Å². The van der Waals surface area contributed by atoms with E-state index >= 15 is 0 Å². The van der Waals surface area contributed by atoms with E-state index in [2.05, 4.69) is 10.3 Å². The number of carboxylic acids is 1. The Balaban J connectivity index is 2.14. The minimum Gasteiger partial charge on any atom is -0.480 e. The van der Waals surface area contributed by atoms with Crippen LogP contribution in [0.2, 0.25) is 0 Å². The van der Waals surface area contributed by atoms with Gasteiger partial charge in [0.05, 0.1) is 6.20 Å². The molecule has 9 nitrogen and oxygen atoms in total. The molecule has 2 aromatic rings. The Morgan fingerprint density at radius 1 is 1.16 bits per heavy atom. The number of aromatic nitrogens is 3. The Bertz CT molecular complexity index is 757. The summed E-state index contributed by atoms with van der Waals surface area (Å²) in [4.78, 5) is 37.9. The molecule has 1 aromatic heterocycles. The zero-order chi connectivity index (χ0) is 18.4. The largest absolute Gasteiger partial charge is 0.480 e.